The molecule has 1 aromatic carbocycles. The van der Waals surface area contributed by atoms with Crippen LogP contribution in [0.25, 0.3) is 11.0 Å². The van der Waals surface area contributed by atoms with Gasteiger partial charge in [0.15, 0.2) is 0 Å². The van der Waals surface area contributed by atoms with Crippen LogP contribution in [0.2, 0.25) is 0 Å². The summed E-state index contributed by atoms with van der Waals surface area (Å²) in [5.41, 5.74) is 6.28. The van der Waals surface area contributed by atoms with Gasteiger partial charge in [-0.2, -0.15) is 0 Å². The maximum Gasteiger partial charge on any atom is 0.0931 e. The number of H-pyrrole nitrogens is 1. The van der Waals surface area contributed by atoms with E-state index in [0.29, 0.717) is 0 Å². The average Bonchev–Trinajstić information content (AvgIpc) is 2.88. The van der Waals surface area contributed by atoms with E-state index in [-0.39, 0.29) is 0 Å². The highest BCUT2D eigenvalue weighted by atomic mass is 14.9. The number of nitrogens with one attached hydrogen (secondary N) is 2. The van der Waals surface area contributed by atoms with Crippen molar-refractivity contribution in [1.82, 2.24) is 15.3 Å². The number of hydrogen-bond acceptors (Lipinski definition) is 2. The van der Waals surface area contributed by atoms with Crippen molar-refractivity contribution in [2.45, 2.75) is 47.5 Å². The molecule has 2 N–H and O–H groups in total. The van der Waals surface area contributed by atoms with Crippen LogP contribution in [0.1, 0.15) is 45.2 Å². The molecular formula is C17H27N3. The number of allylic oxidation sites excluding steroid dienone is 1. The molecular weight excluding hydrogens is 246 g/mol. The second-order valence-corrected chi connectivity index (χ2v) is 5.19. The number of fused-ring (bicyclic) bond motifs is 1. The number of hydrogen-bond donors (Lipinski definition) is 2. The fraction of sp³-hybridized carbons (Fsp3) is 0.471. The van der Waals surface area contributed by atoms with Gasteiger partial charge in [-0.25, -0.2) is 4.98 Å². The molecule has 0 saturated carbocycles. The van der Waals surface area contributed by atoms with E-state index in [1.165, 1.54) is 23.1 Å². The quantitative estimate of drug-likeness (QED) is 0.813. The van der Waals surface area contributed by atoms with Gasteiger partial charge in [-0.3, -0.25) is 0 Å². The zero-order chi connectivity index (χ0) is 15.0. The third kappa shape index (κ3) is 4.72. The lowest BCUT2D eigenvalue weighted by Gasteiger charge is -2.02. The molecule has 0 amide bonds. The average molecular weight is 273 g/mol. The Balaban J connectivity index is 0.000000221. The largest absolute Gasteiger partial charge is 0.391 e. The van der Waals surface area contributed by atoms with E-state index in [1.54, 1.807) is 6.33 Å². The Morgan fingerprint density at radius 3 is 2.65 bits per heavy atom. The Morgan fingerprint density at radius 1 is 1.30 bits per heavy atom. The van der Waals surface area contributed by atoms with Gasteiger partial charge in [-0.05, 0) is 57.0 Å². The van der Waals surface area contributed by atoms with Crippen LogP contribution in [0.5, 0.6) is 0 Å². The van der Waals surface area contributed by atoms with Crippen LogP contribution in [-0.4, -0.2) is 16.5 Å². The minimum atomic E-state index is 1.05. The highest BCUT2D eigenvalue weighted by molar-refractivity contribution is 5.79. The van der Waals surface area contributed by atoms with Gasteiger partial charge in [0.2, 0.25) is 0 Å². The van der Waals surface area contributed by atoms with Crippen LogP contribution in [0, 0.1) is 6.92 Å². The van der Waals surface area contributed by atoms with Crippen LogP contribution in [0.4, 0.5) is 0 Å². The molecule has 0 aliphatic heterocycles. The fourth-order valence-corrected chi connectivity index (χ4v) is 2.03. The SMILES string of the molecule is CCCNC=C(C)C.CCc1c(C)ccc2[nH]cnc12. The van der Waals surface area contributed by atoms with Gasteiger partial charge in [0, 0.05) is 6.54 Å². The van der Waals surface area contributed by atoms with E-state index in [0.717, 1.165) is 24.0 Å². The molecule has 1 heterocycles. The number of aromatic nitrogens is 2. The van der Waals surface area contributed by atoms with Crippen molar-refractivity contribution in [1.29, 1.82) is 0 Å². The predicted octanol–water partition coefficient (Wildman–Crippen LogP) is 4.34. The molecule has 0 bridgehead atoms. The Kier molecular flexibility index (Phi) is 6.85. The number of aromatic amines is 1. The molecule has 1 aromatic heterocycles. The lowest BCUT2D eigenvalue weighted by molar-refractivity contribution is 0.803. The maximum absolute atomic E-state index is 4.29. The van der Waals surface area contributed by atoms with Gasteiger partial charge >= 0.3 is 0 Å². The molecule has 3 heteroatoms. The van der Waals surface area contributed by atoms with Gasteiger partial charge in [0.05, 0.1) is 17.4 Å². The topological polar surface area (TPSA) is 40.7 Å². The molecule has 0 radical (unpaired) electrons. The maximum atomic E-state index is 4.29. The molecule has 0 spiro atoms. The lowest BCUT2D eigenvalue weighted by Crippen LogP contribution is -2.05. The van der Waals surface area contributed by atoms with Gasteiger partial charge in [-0.15, -0.1) is 0 Å². The van der Waals surface area contributed by atoms with Crippen molar-refractivity contribution in [3.8, 4) is 0 Å². The molecule has 2 aromatic rings. The molecule has 110 valence electrons. The van der Waals surface area contributed by atoms with E-state index < -0.39 is 0 Å². The standard InChI is InChI=1S/C10H12N2.C7H15N/c1-3-8-7(2)4-5-9-10(8)12-6-11-9;1-4-5-8-6-7(2)3/h4-6H,3H2,1-2H3,(H,11,12);6,8H,4-5H2,1-3H3. The van der Waals surface area contributed by atoms with E-state index >= 15 is 0 Å². The molecule has 0 atom stereocenters. The summed E-state index contributed by atoms with van der Waals surface area (Å²) in [6.07, 6.45) is 6.05. The summed E-state index contributed by atoms with van der Waals surface area (Å²) >= 11 is 0. The fourth-order valence-electron chi connectivity index (χ4n) is 2.03. The zero-order valence-electron chi connectivity index (χ0n) is 13.4. The predicted molar refractivity (Wildman–Crippen MR) is 87.9 cm³/mol. The van der Waals surface area contributed by atoms with Gasteiger partial charge in [-0.1, -0.05) is 25.5 Å². The monoisotopic (exact) mass is 273 g/mol. The first-order chi connectivity index (χ1) is 9.60. The Morgan fingerprint density at radius 2 is 2.05 bits per heavy atom. The minimum absolute atomic E-state index is 1.05. The summed E-state index contributed by atoms with van der Waals surface area (Å²) in [4.78, 5) is 7.41. The first-order valence-electron chi connectivity index (χ1n) is 7.38. The highest BCUT2D eigenvalue weighted by Crippen LogP contribution is 2.18. The van der Waals surface area contributed by atoms with Crippen LogP contribution >= 0.6 is 0 Å². The third-order valence-corrected chi connectivity index (χ3v) is 3.07. The van der Waals surface area contributed by atoms with Crippen molar-refractivity contribution in [3.05, 3.63) is 41.4 Å². The summed E-state index contributed by atoms with van der Waals surface area (Å²) in [5, 5.41) is 3.17. The molecule has 0 aliphatic rings. The molecule has 0 unspecified atom stereocenters. The van der Waals surface area contributed by atoms with E-state index in [9.17, 15) is 0 Å². The van der Waals surface area contributed by atoms with Crippen molar-refractivity contribution < 1.29 is 0 Å². The number of nitrogens with zero attached hydrogens (tertiary/aromatic N) is 1. The van der Waals surface area contributed by atoms with E-state index in [1.807, 2.05) is 6.20 Å². The third-order valence-electron chi connectivity index (χ3n) is 3.07. The number of rotatable bonds is 4. The Labute approximate surface area is 122 Å². The lowest BCUT2D eigenvalue weighted by atomic mass is 10.1. The Bertz CT molecular complexity index is 548. The zero-order valence-corrected chi connectivity index (χ0v) is 13.4. The summed E-state index contributed by atoms with van der Waals surface area (Å²) in [7, 11) is 0. The van der Waals surface area contributed by atoms with Crippen molar-refractivity contribution in [2.24, 2.45) is 0 Å². The van der Waals surface area contributed by atoms with Crippen LogP contribution in [-0.2, 0) is 6.42 Å². The first kappa shape index (κ1) is 16.3. The summed E-state index contributed by atoms with van der Waals surface area (Å²) in [6.45, 7) is 11.7. The van der Waals surface area contributed by atoms with Gasteiger partial charge in [0.1, 0.15) is 0 Å². The molecule has 2 rings (SSSR count). The second kappa shape index (κ2) is 8.41. The second-order valence-electron chi connectivity index (χ2n) is 5.19. The van der Waals surface area contributed by atoms with Crippen LogP contribution < -0.4 is 5.32 Å². The van der Waals surface area contributed by atoms with Crippen molar-refractivity contribution in [3.63, 3.8) is 0 Å². The normalized spacial score (nSPS) is 9.85. The molecule has 3 nitrogen and oxygen atoms in total. The molecule has 0 fully saturated rings. The van der Waals surface area contributed by atoms with Crippen molar-refractivity contribution >= 4 is 11.0 Å². The smallest absolute Gasteiger partial charge is 0.0931 e. The minimum Gasteiger partial charge on any atom is -0.391 e. The number of aryl methyl sites for hydroxylation is 2. The van der Waals surface area contributed by atoms with Crippen molar-refractivity contribution in [2.75, 3.05) is 6.54 Å². The molecule has 0 saturated heterocycles. The molecule has 20 heavy (non-hydrogen) atoms. The number of imidazole rings is 1. The van der Waals surface area contributed by atoms with Crippen LogP contribution in [0.3, 0.4) is 0 Å². The van der Waals surface area contributed by atoms with E-state index in [2.05, 4.69) is 62.0 Å². The van der Waals surface area contributed by atoms with Gasteiger partial charge in [0.25, 0.3) is 0 Å². The molecule has 0 aliphatic carbocycles. The summed E-state index contributed by atoms with van der Waals surface area (Å²) < 4.78 is 0. The highest BCUT2D eigenvalue weighted by Gasteiger charge is 2.03. The summed E-state index contributed by atoms with van der Waals surface area (Å²) in [6, 6.07) is 4.22. The van der Waals surface area contributed by atoms with Crippen LogP contribution in [0.15, 0.2) is 30.2 Å². The number of benzene rings is 1. The van der Waals surface area contributed by atoms with E-state index in [4.69, 9.17) is 0 Å². The Hall–Kier alpha value is -1.77. The summed E-state index contributed by atoms with van der Waals surface area (Å²) in [5.74, 6) is 0. The van der Waals surface area contributed by atoms with Gasteiger partial charge < -0.3 is 10.3 Å². The first-order valence-corrected chi connectivity index (χ1v) is 7.38.